The summed E-state index contributed by atoms with van der Waals surface area (Å²) in [5, 5.41) is 5.09. The van der Waals surface area contributed by atoms with E-state index in [2.05, 4.69) is 26.6 Å². The number of halogens is 1. The molecule has 2 N–H and O–H groups in total. The van der Waals surface area contributed by atoms with Gasteiger partial charge < -0.3 is 19.1 Å². The number of hydrogen-bond acceptors (Lipinski definition) is 6. The van der Waals surface area contributed by atoms with Gasteiger partial charge in [0.05, 0.1) is 13.2 Å². The third kappa shape index (κ3) is 9.19. The summed E-state index contributed by atoms with van der Waals surface area (Å²) in [6.45, 7) is 7.56. The van der Waals surface area contributed by atoms with Gasteiger partial charge in [0.2, 0.25) is 0 Å². The molecule has 0 aromatic heterocycles. The molecule has 28 heavy (non-hydrogen) atoms. The van der Waals surface area contributed by atoms with Crippen LogP contribution in [0, 0.1) is 5.92 Å². The van der Waals surface area contributed by atoms with Crippen molar-refractivity contribution in [3.05, 3.63) is 28.7 Å². The lowest BCUT2D eigenvalue weighted by atomic mass is 10.1. The molecule has 0 saturated heterocycles. The van der Waals surface area contributed by atoms with E-state index in [0.717, 1.165) is 4.47 Å². The number of carbonyl (C=O) groups excluding carboxylic acids is 2. The van der Waals surface area contributed by atoms with Gasteiger partial charge in [0.25, 0.3) is 5.91 Å². The Bertz CT molecular complexity index is 673. The molecule has 0 aliphatic carbocycles. The summed E-state index contributed by atoms with van der Waals surface area (Å²) in [4.78, 5) is 24.7. The third-order valence-corrected chi connectivity index (χ3v) is 5.79. The van der Waals surface area contributed by atoms with Crippen molar-refractivity contribution in [2.75, 3.05) is 24.8 Å². The van der Waals surface area contributed by atoms with Crippen molar-refractivity contribution in [2.24, 2.45) is 5.92 Å². The second-order valence-corrected chi connectivity index (χ2v) is 9.27. The zero-order chi connectivity index (χ0) is 21.2. The summed E-state index contributed by atoms with van der Waals surface area (Å²) in [6, 6.07) is 6.94. The fourth-order valence-electron chi connectivity index (χ4n) is 2.26. The van der Waals surface area contributed by atoms with E-state index in [4.69, 9.17) is 13.8 Å². The molecule has 0 bridgehead atoms. The van der Waals surface area contributed by atoms with Crippen LogP contribution in [0.25, 0.3) is 0 Å². The molecule has 0 fully saturated rings. The molecule has 0 aliphatic heterocycles. The molecule has 158 valence electrons. The van der Waals surface area contributed by atoms with Crippen molar-refractivity contribution in [3.8, 4) is 0 Å². The highest BCUT2D eigenvalue weighted by atomic mass is 79.9. The minimum absolute atomic E-state index is 0.0989. The van der Waals surface area contributed by atoms with Gasteiger partial charge in [-0.05, 0) is 50.5 Å². The lowest BCUT2D eigenvalue weighted by Gasteiger charge is -2.22. The Morgan fingerprint density at radius 1 is 1.11 bits per heavy atom. The number of amides is 2. The highest BCUT2D eigenvalue weighted by Gasteiger charge is 2.29. The highest BCUT2D eigenvalue weighted by Crippen LogP contribution is 2.46. The maximum Gasteiger partial charge on any atom is 0.412 e. The third-order valence-electron chi connectivity index (χ3n) is 3.42. The molecule has 0 aliphatic rings. The first-order valence-electron chi connectivity index (χ1n) is 9.08. The molecule has 1 rings (SSSR count). The topological polar surface area (TPSA) is 103 Å². The van der Waals surface area contributed by atoms with Gasteiger partial charge in [-0.2, -0.15) is 0 Å². The SMILES string of the molecule is CCOP(=O)(CNC(=O)[C@H](CC(C)C)OC(=O)Nc1ccc(Br)cc1)OCC. The first-order chi connectivity index (χ1) is 13.2. The second-order valence-electron chi connectivity index (χ2n) is 6.30. The molecule has 0 spiro atoms. The summed E-state index contributed by atoms with van der Waals surface area (Å²) >= 11 is 3.31. The molecule has 10 heteroatoms. The van der Waals surface area contributed by atoms with Crippen LogP contribution in [0.15, 0.2) is 28.7 Å². The second kappa shape index (κ2) is 12.2. The van der Waals surface area contributed by atoms with Gasteiger partial charge >= 0.3 is 13.7 Å². The Kier molecular flexibility index (Phi) is 10.7. The van der Waals surface area contributed by atoms with Gasteiger partial charge in [0, 0.05) is 10.2 Å². The predicted molar refractivity (Wildman–Crippen MR) is 111 cm³/mol. The summed E-state index contributed by atoms with van der Waals surface area (Å²) in [6.07, 6.45) is -1.76. The lowest BCUT2D eigenvalue weighted by Crippen LogP contribution is -2.40. The van der Waals surface area contributed by atoms with Crippen molar-refractivity contribution in [2.45, 2.75) is 40.2 Å². The number of ether oxygens (including phenoxy) is 1. The van der Waals surface area contributed by atoms with E-state index in [1.807, 2.05) is 13.8 Å². The van der Waals surface area contributed by atoms with Crippen LogP contribution >= 0.6 is 23.5 Å². The predicted octanol–water partition coefficient (Wildman–Crippen LogP) is 4.75. The van der Waals surface area contributed by atoms with Crippen LogP contribution in [-0.4, -0.2) is 37.6 Å². The molecular weight excluding hydrogens is 451 g/mol. The first-order valence-corrected chi connectivity index (χ1v) is 11.6. The zero-order valence-corrected chi connectivity index (χ0v) is 19.0. The smallest absolute Gasteiger partial charge is 0.412 e. The van der Waals surface area contributed by atoms with Crippen LogP contribution in [0.2, 0.25) is 0 Å². The number of carbonyl (C=O) groups is 2. The number of benzene rings is 1. The number of rotatable bonds is 11. The molecule has 0 heterocycles. The van der Waals surface area contributed by atoms with E-state index in [-0.39, 0.29) is 25.4 Å². The minimum atomic E-state index is -3.43. The minimum Gasteiger partial charge on any atom is -0.436 e. The fourth-order valence-corrected chi connectivity index (χ4v) is 3.91. The Balaban J connectivity index is 2.71. The lowest BCUT2D eigenvalue weighted by molar-refractivity contribution is -0.129. The molecule has 0 saturated carbocycles. The molecule has 2 amide bonds. The first kappa shape index (κ1) is 24.6. The normalized spacial score (nSPS) is 12.5. The van der Waals surface area contributed by atoms with Crippen LogP contribution in [0.3, 0.4) is 0 Å². The van der Waals surface area contributed by atoms with E-state index in [1.165, 1.54) is 0 Å². The van der Waals surface area contributed by atoms with Gasteiger partial charge in [-0.1, -0.05) is 29.8 Å². The van der Waals surface area contributed by atoms with Gasteiger partial charge in [-0.25, -0.2) is 4.79 Å². The molecule has 8 nitrogen and oxygen atoms in total. The maximum atomic E-state index is 12.5. The number of anilines is 1. The van der Waals surface area contributed by atoms with Crippen LogP contribution in [0.1, 0.15) is 34.1 Å². The Hall–Kier alpha value is -1.41. The zero-order valence-electron chi connectivity index (χ0n) is 16.6. The van der Waals surface area contributed by atoms with E-state index in [9.17, 15) is 14.2 Å². The Morgan fingerprint density at radius 2 is 1.68 bits per heavy atom. The summed E-state index contributed by atoms with van der Waals surface area (Å²) in [5.74, 6) is -0.457. The van der Waals surface area contributed by atoms with Crippen molar-refractivity contribution < 1.29 is 27.9 Å². The number of nitrogens with one attached hydrogen (secondary N) is 2. The standard InChI is InChI=1S/C18H28BrN2O6P/c1-5-25-28(24,26-6-2)12-20-17(22)16(11-13(3)4)27-18(23)21-15-9-7-14(19)8-10-15/h7-10,13,16H,5-6,11-12H2,1-4H3,(H,20,22)(H,21,23)/t16-/m0/s1. The molecule has 0 radical (unpaired) electrons. The summed E-state index contributed by atoms with van der Waals surface area (Å²) < 4.78 is 28.9. The van der Waals surface area contributed by atoms with Gasteiger partial charge in [0.1, 0.15) is 6.29 Å². The van der Waals surface area contributed by atoms with Gasteiger partial charge in [-0.15, -0.1) is 0 Å². The maximum absolute atomic E-state index is 12.5. The van der Waals surface area contributed by atoms with E-state index >= 15 is 0 Å². The van der Waals surface area contributed by atoms with E-state index < -0.39 is 25.7 Å². The highest BCUT2D eigenvalue weighted by molar-refractivity contribution is 9.10. The number of hydrogen-bond donors (Lipinski definition) is 2. The Morgan fingerprint density at radius 3 is 2.18 bits per heavy atom. The summed E-state index contributed by atoms with van der Waals surface area (Å²) in [7, 11) is -3.43. The molecule has 1 atom stereocenters. The molecule has 1 aromatic carbocycles. The average molecular weight is 479 g/mol. The largest absolute Gasteiger partial charge is 0.436 e. The van der Waals surface area contributed by atoms with Crippen molar-refractivity contribution >= 4 is 41.2 Å². The van der Waals surface area contributed by atoms with Crippen LogP contribution in [0.5, 0.6) is 0 Å². The molecule has 1 aromatic rings. The van der Waals surface area contributed by atoms with Crippen LogP contribution < -0.4 is 10.6 Å². The monoisotopic (exact) mass is 478 g/mol. The average Bonchev–Trinajstić information content (AvgIpc) is 2.61. The van der Waals surface area contributed by atoms with Gasteiger partial charge in [0.15, 0.2) is 6.10 Å². The van der Waals surface area contributed by atoms with Gasteiger partial charge in [-0.3, -0.25) is 14.7 Å². The fraction of sp³-hybridized carbons (Fsp3) is 0.556. The quantitative estimate of drug-likeness (QED) is 0.444. The van der Waals surface area contributed by atoms with Crippen molar-refractivity contribution in [1.82, 2.24) is 5.32 Å². The van der Waals surface area contributed by atoms with Crippen molar-refractivity contribution in [3.63, 3.8) is 0 Å². The van der Waals surface area contributed by atoms with Crippen LogP contribution in [-0.2, 0) is 23.1 Å². The summed E-state index contributed by atoms with van der Waals surface area (Å²) in [5.41, 5.74) is 0.536. The Labute approximate surface area is 174 Å². The van der Waals surface area contributed by atoms with E-state index in [0.29, 0.717) is 12.1 Å². The molecular formula is C18H28BrN2O6P. The van der Waals surface area contributed by atoms with Crippen molar-refractivity contribution in [1.29, 1.82) is 0 Å². The van der Waals surface area contributed by atoms with Crippen LogP contribution in [0.4, 0.5) is 10.5 Å². The molecule has 0 unspecified atom stereocenters. The van der Waals surface area contributed by atoms with E-state index in [1.54, 1.807) is 38.1 Å².